The lowest BCUT2D eigenvalue weighted by molar-refractivity contribution is 0.0690. The lowest BCUT2D eigenvalue weighted by Crippen LogP contribution is -2.01. The second-order valence-electron chi connectivity index (χ2n) is 2.74. The van der Waals surface area contributed by atoms with Crippen LogP contribution in [0.5, 0.6) is 0 Å². The highest BCUT2D eigenvalue weighted by molar-refractivity contribution is 7.93. The van der Waals surface area contributed by atoms with Crippen LogP contribution >= 0.6 is 23.9 Å². The molecule has 2 heterocycles. The van der Waals surface area contributed by atoms with Crippen molar-refractivity contribution in [1.29, 1.82) is 0 Å². The standard InChI is InChI=1S/C8H4ClFN2O2S/c9-7-6-4(1-2-11-7)3-5(8(13)14)12(6)15-10/h1-3H,(H,13,14). The number of nitrogens with zero attached hydrogens (tertiary/aromatic N) is 2. The van der Waals surface area contributed by atoms with E-state index >= 15 is 0 Å². The largest absolute Gasteiger partial charge is 0.477 e. The highest BCUT2D eigenvalue weighted by Crippen LogP contribution is 2.29. The summed E-state index contributed by atoms with van der Waals surface area (Å²) in [5.41, 5.74) is 0.0940. The van der Waals surface area contributed by atoms with Crippen LogP contribution in [-0.4, -0.2) is 20.0 Å². The molecule has 0 atom stereocenters. The van der Waals surface area contributed by atoms with Crippen molar-refractivity contribution in [2.45, 2.75) is 0 Å². The van der Waals surface area contributed by atoms with Gasteiger partial charge in [-0.1, -0.05) is 11.6 Å². The van der Waals surface area contributed by atoms with E-state index in [9.17, 15) is 8.68 Å². The maximum atomic E-state index is 12.6. The van der Waals surface area contributed by atoms with Crippen molar-refractivity contribution in [3.63, 3.8) is 0 Å². The number of carboxylic acid groups (broad SMARTS) is 1. The van der Waals surface area contributed by atoms with Crippen LogP contribution in [0, 0.1) is 0 Å². The summed E-state index contributed by atoms with van der Waals surface area (Å²) >= 11 is 5.54. The molecule has 0 unspecified atom stereocenters. The average Bonchev–Trinajstić information content (AvgIpc) is 2.57. The van der Waals surface area contributed by atoms with E-state index in [4.69, 9.17) is 16.7 Å². The van der Waals surface area contributed by atoms with Crippen LogP contribution < -0.4 is 0 Å². The summed E-state index contributed by atoms with van der Waals surface area (Å²) in [6.07, 6.45) is 1.43. The van der Waals surface area contributed by atoms with Crippen molar-refractivity contribution in [3.05, 3.63) is 29.2 Å². The van der Waals surface area contributed by atoms with Gasteiger partial charge >= 0.3 is 5.97 Å². The number of aromatic nitrogens is 2. The Hall–Kier alpha value is -1.27. The number of hydrogen-bond acceptors (Lipinski definition) is 3. The predicted octanol–water partition coefficient (Wildman–Crippen LogP) is 2.77. The van der Waals surface area contributed by atoms with Crippen LogP contribution in [0.25, 0.3) is 10.9 Å². The van der Waals surface area contributed by atoms with Gasteiger partial charge in [-0.25, -0.2) is 13.8 Å². The summed E-state index contributed by atoms with van der Waals surface area (Å²) in [7, 11) is 0. The van der Waals surface area contributed by atoms with Crippen molar-refractivity contribution in [3.8, 4) is 0 Å². The van der Waals surface area contributed by atoms with Crippen molar-refractivity contribution in [1.82, 2.24) is 8.96 Å². The third-order valence-electron chi connectivity index (χ3n) is 1.91. The summed E-state index contributed by atoms with van der Waals surface area (Å²) < 4.78 is 13.5. The summed E-state index contributed by atoms with van der Waals surface area (Å²) in [4.78, 5) is 14.6. The van der Waals surface area contributed by atoms with Crippen LogP contribution in [0.1, 0.15) is 10.5 Å². The minimum Gasteiger partial charge on any atom is -0.477 e. The second kappa shape index (κ2) is 3.71. The molecule has 0 saturated carbocycles. The molecule has 2 rings (SSSR count). The molecule has 4 nitrogen and oxygen atoms in total. The maximum Gasteiger partial charge on any atom is 0.353 e. The van der Waals surface area contributed by atoms with Gasteiger partial charge in [-0.15, -0.1) is 3.89 Å². The topological polar surface area (TPSA) is 55.1 Å². The lowest BCUT2D eigenvalue weighted by atomic mass is 10.3. The van der Waals surface area contributed by atoms with Gasteiger partial charge < -0.3 is 5.11 Å². The Kier molecular flexibility index (Phi) is 2.54. The fourth-order valence-electron chi connectivity index (χ4n) is 1.31. The highest BCUT2D eigenvalue weighted by atomic mass is 35.5. The lowest BCUT2D eigenvalue weighted by Gasteiger charge is -2.00. The number of hydrogen-bond donors (Lipinski definition) is 1. The number of halogens is 2. The Morgan fingerprint density at radius 3 is 3.00 bits per heavy atom. The van der Waals surface area contributed by atoms with Gasteiger partial charge in [-0.05, 0) is 12.1 Å². The van der Waals surface area contributed by atoms with Crippen LogP contribution in [0.15, 0.2) is 18.3 Å². The van der Waals surface area contributed by atoms with Gasteiger partial charge in [0.2, 0.25) is 0 Å². The van der Waals surface area contributed by atoms with E-state index in [1.165, 1.54) is 12.3 Å². The first-order valence-electron chi connectivity index (χ1n) is 3.83. The molecule has 0 spiro atoms. The molecule has 0 fully saturated rings. The Morgan fingerprint density at radius 2 is 2.40 bits per heavy atom. The molecule has 0 aromatic carbocycles. The molecule has 78 valence electrons. The number of carbonyl (C=O) groups is 1. The van der Waals surface area contributed by atoms with Gasteiger partial charge in [-0.3, -0.25) is 0 Å². The van der Waals surface area contributed by atoms with Gasteiger partial charge in [0.05, 0.1) is 5.52 Å². The molecule has 0 aliphatic heterocycles. The van der Waals surface area contributed by atoms with Crippen LogP contribution in [0.2, 0.25) is 5.15 Å². The molecule has 15 heavy (non-hydrogen) atoms. The first-order valence-corrected chi connectivity index (χ1v) is 4.88. The molecule has 2 aromatic rings. The zero-order valence-corrected chi connectivity index (χ0v) is 8.72. The predicted molar refractivity (Wildman–Crippen MR) is 55.8 cm³/mol. The summed E-state index contributed by atoms with van der Waals surface area (Å²) in [6.45, 7) is 0. The summed E-state index contributed by atoms with van der Waals surface area (Å²) in [5, 5.41) is 9.44. The van der Waals surface area contributed by atoms with Gasteiger partial charge in [0.1, 0.15) is 5.69 Å². The molecule has 0 radical (unpaired) electrons. The first-order chi connectivity index (χ1) is 7.15. The van der Waals surface area contributed by atoms with E-state index in [-0.39, 0.29) is 28.7 Å². The van der Waals surface area contributed by atoms with Crippen molar-refractivity contribution in [2.75, 3.05) is 0 Å². The number of rotatable bonds is 2. The van der Waals surface area contributed by atoms with Gasteiger partial charge in [0.15, 0.2) is 17.5 Å². The van der Waals surface area contributed by atoms with Crippen molar-refractivity contribution < 1.29 is 13.8 Å². The zero-order chi connectivity index (χ0) is 11.0. The molecule has 0 aliphatic carbocycles. The zero-order valence-electron chi connectivity index (χ0n) is 7.15. The molecule has 0 amide bonds. The van der Waals surface area contributed by atoms with Crippen molar-refractivity contribution in [2.24, 2.45) is 0 Å². The SMILES string of the molecule is O=C(O)c1cc2ccnc(Cl)c2n1SF. The smallest absolute Gasteiger partial charge is 0.353 e. The average molecular weight is 247 g/mol. The number of pyridine rings is 1. The first kappa shape index (κ1) is 10.3. The minimum absolute atomic E-state index is 0.0742. The Balaban J connectivity index is 2.86. The molecule has 2 aromatic heterocycles. The van der Waals surface area contributed by atoms with Gasteiger partial charge in [0.25, 0.3) is 0 Å². The van der Waals surface area contributed by atoms with Gasteiger partial charge in [-0.2, -0.15) is 0 Å². The van der Waals surface area contributed by atoms with E-state index in [0.29, 0.717) is 5.39 Å². The maximum absolute atomic E-state index is 12.6. The van der Waals surface area contributed by atoms with Crippen LogP contribution in [0.4, 0.5) is 3.89 Å². The van der Waals surface area contributed by atoms with E-state index in [1.807, 2.05) is 0 Å². The molecule has 7 heteroatoms. The molecule has 0 bridgehead atoms. The number of aromatic carboxylic acids is 1. The Morgan fingerprint density at radius 1 is 1.67 bits per heavy atom. The third-order valence-corrected chi connectivity index (χ3v) is 2.71. The third kappa shape index (κ3) is 1.55. The molecule has 1 N–H and O–H groups in total. The molecular formula is C8H4ClFN2O2S. The normalized spacial score (nSPS) is 10.8. The summed E-state index contributed by atoms with van der Waals surface area (Å²) in [5.74, 6) is -1.22. The van der Waals surface area contributed by atoms with Gasteiger partial charge in [0, 0.05) is 11.6 Å². The van der Waals surface area contributed by atoms with Crippen LogP contribution in [-0.2, 0) is 0 Å². The number of carboxylic acids is 1. The molecule has 0 aliphatic rings. The quantitative estimate of drug-likeness (QED) is 0.828. The summed E-state index contributed by atoms with van der Waals surface area (Å²) in [6, 6.07) is 2.91. The van der Waals surface area contributed by atoms with E-state index < -0.39 is 5.97 Å². The van der Waals surface area contributed by atoms with E-state index in [1.54, 1.807) is 6.07 Å². The van der Waals surface area contributed by atoms with E-state index in [2.05, 4.69) is 4.98 Å². The monoisotopic (exact) mass is 246 g/mol. The van der Waals surface area contributed by atoms with Crippen LogP contribution in [0.3, 0.4) is 0 Å². The minimum atomic E-state index is -1.22. The molecular weight excluding hydrogens is 243 g/mol. The Bertz CT molecular complexity index is 543. The fourth-order valence-corrected chi connectivity index (χ4v) is 2.07. The van der Waals surface area contributed by atoms with E-state index in [0.717, 1.165) is 3.97 Å². The second-order valence-corrected chi connectivity index (χ2v) is 3.60. The fraction of sp³-hybridized carbons (Fsp3) is 0. The number of fused-ring (bicyclic) bond motifs is 1. The Labute approximate surface area is 93.1 Å². The van der Waals surface area contributed by atoms with Crippen molar-refractivity contribution >= 4 is 40.8 Å². The molecule has 0 saturated heterocycles. The highest BCUT2D eigenvalue weighted by Gasteiger charge is 2.17.